The van der Waals surface area contributed by atoms with Crippen molar-refractivity contribution in [3.05, 3.63) is 23.8 Å². The Balaban J connectivity index is 0.00000392. The van der Waals surface area contributed by atoms with E-state index in [1.165, 1.54) is 12.8 Å². The van der Waals surface area contributed by atoms with Gasteiger partial charge in [-0.25, -0.2) is 0 Å². The van der Waals surface area contributed by atoms with Crippen molar-refractivity contribution in [2.75, 3.05) is 34.4 Å². The molecule has 0 aromatic heterocycles. The lowest BCUT2D eigenvalue weighted by molar-refractivity contribution is 0.192. The number of benzene rings is 1. The zero-order chi connectivity index (χ0) is 19.3. The Kier molecular flexibility index (Phi) is 13.1. The number of nitrogens with zero attached hydrogens (tertiary/aromatic N) is 1. The van der Waals surface area contributed by atoms with Crippen LogP contribution in [0.2, 0.25) is 0 Å². The summed E-state index contributed by atoms with van der Waals surface area (Å²) in [6, 6.07) is 6.04. The number of para-hydroxylation sites is 1. The first kappa shape index (κ1) is 24.8. The molecule has 1 aliphatic rings. The van der Waals surface area contributed by atoms with E-state index in [0.29, 0.717) is 12.6 Å². The fraction of sp³-hybridized carbons (Fsp3) is 0.667. The van der Waals surface area contributed by atoms with E-state index in [4.69, 9.17) is 14.2 Å². The molecule has 7 heteroatoms. The topological polar surface area (TPSA) is 64.1 Å². The predicted octanol–water partition coefficient (Wildman–Crippen LogP) is 4.12. The molecule has 0 unspecified atom stereocenters. The molecule has 6 nitrogen and oxygen atoms in total. The third-order valence-corrected chi connectivity index (χ3v) is 4.85. The lowest BCUT2D eigenvalue weighted by atomic mass is 10.1. The molecule has 2 N–H and O–H groups in total. The second kappa shape index (κ2) is 14.7. The van der Waals surface area contributed by atoms with Crippen molar-refractivity contribution in [3.63, 3.8) is 0 Å². The number of aliphatic imine (C=N–C) groups is 1. The quantitative estimate of drug-likeness (QED) is 0.205. The number of guanidine groups is 1. The van der Waals surface area contributed by atoms with Gasteiger partial charge in [0.1, 0.15) is 0 Å². The minimum atomic E-state index is 0. The highest BCUT2D eigenvalue weighted by molar-refractivity contribution is 14.0. The number of rotatable bonds is 11. The van der Waals surface area contributed by atoms with Crippen LogP contribution in [0.1, 0.15) is 50.5 Å². The molecule has 0 spiro atoms. The Labute approximate surface area is 186 Å². The first-order chi connectivity index (χ1) is 13.3. The van der Waals surface area contributed by atoms with Gasteiger partial charge < -0.3 is 24.8 Å². The van der Waals surface area contributed by atoms with Gasteiger partial charge >= 0.3 is 0 Å². The summed E-state index contributed by atoms with van der Waals surface area (Å²) in [7, 11) is 5.23. The van der Waals surface area contributed by atoms with Gasteiger partial charge in [-0.2, -0.15) is 0 Å². The maximum atomic E-state index is 6.29. The summed E-state index contributed by atoms with van der Waals surface area (Å²) in [5.41, 5.74) is 1.09. The molecule has 28 heavy (non-hydrogen) atoms. The van der Waals surface area contributed by atoms with Crippen LogP contribution in [0, 0.1) is 0 Å². The minimum absolute atomic E-state index is 0. The minimum Gasteiger partial charge on any atom is -0.493 e. The summed E-state index contributed by atoms with van der Waals surface area (Å²) in [6.07, 6.45) is 8.36. The molecule has 0 bridgehead atoms. The van der Waals surface area contributed by atoms with Gasteiger partial charge in [0.15, 0.2) is 17.5 Å². The van der Waals surface area contributed by atoms with Gasteiger partial charge in [-0.3, -0.25) is 4.99 Å². The van der Waals surface area contributed by atoms with E-state index in [1.54, 1.807) is 21.3 Å². The van der Waals surface area contributed by atoms with E-state index in [2.05, 4.69) is 21.7 Å². The van der Waals surface area contributed by atoms with Crippen LogP contribution in [0.25, 0.3) is 0 Å². The number of hydrogen-bond donors (Lipinski definition) is 2. The average molecular weight is 505 g/mol. The number of methoxy groups -OCH3 is 2. The Morgan fingerprint density at radius 2 is 1.89 bits per heavy atom. The molecule has 1 aliphatic carbocycles. The van der Waals surface area contributed by atoms with Gasteiger partial charge in [-0.1, -0.05) is 12.1 Å². The average Bonchev–Trinajstić information content (AvgIpc) is 3.21. The van der Waals surface area contributed by atoms with Crippen molar-refractivity contribution in [3.8, 4) is 11.5 Å². The SMILES string of the molecule is CN=C(NCCCCCOC)NCc1cccc(OC)c1OC1CCCC1.I. The van der Waals surface area contributed by atoms with E-state index in [1.807, 2.05) is 12.1 Å². The maximum Gasteiger partial charge on any atom is 0.191 e. The second-order valence-corrected chi connectivity index (χ2v) is 6.88. The Bertz CT molecular complexity index is 578. The Hall–Kier alpha value is -1.22. The van der Waals surface area contributed by atoms with E-state index in [9.17, 15) is 0 Å². The first-order valence-electron chi connectivity index (χ1n) is 10.0. The summed E-state index contributed by atoms with van der Waals surface area (Å²) in [5.74, 6) is 2.45. The molecule has 0 heterocycles. The summed E-state index contributed by atoms with van der Waals surface area (Å²) in [6.45, 7) is 2.36. The second-order valence-electron chi connectivity index (χ2n) is 6.88. The summed E-state index contributed by atoms with van der Waals surface area (Å²) < 4.78 is 16.9. The number of hydrogen-bond acceptors (Lipinski definition) is 4. The van der Waals surface area contributed by atoms with E-state index in [-0.39, 0.29) is 24.0 Å². The smallest absolute Gasteiger partial charge is 0.191 e. The molecule has 160 valence electrons. The summed E-state index contributed by atoms with van der Waals surface area (Å²) >= 11 is 0. The van der Waals surface area contributed by atoms with Crippen LogP contribution < -0.4 is 20.1 Å². The van der Waals surface area contributed by atoms with Crippen LogP contribution in [0.4, 0.5) is 0 Å². The van der Waals surface area contributed by atoms with Gasteiger partial charge in [0.25, 0.3) is 0 Å². The highest BCUT2D eigenvalue weighted by atomic mass is 127. The number of nitrogens with one attached hydrogen (secondary N) is 2. The zero-order valence-electron chi connectivity index (χ0n) is 17.5. The van der Waals surface area contributed by atoms with Crippen molar-refractivity contribution in [1.29, 1.82) is 0 Å². The fourth-order valence-electron chi connectivity index (χ4n) is 3.32. The third-order valence-electron chi connectivity index (χ3n) is 4.85. The van der Waals surface area contributed by atoms with Gasteiger partial charge in [0.2, 0.25) is 0 Å². The summed E-state index contributed by atoms with van der Waals surface area (Å²) in [4.78, 5) is 4.31. The monoisotopic (exact) mass is 505 g/mol. The molecule has 2 rings (SSSR count). The van der Waals surface area contributed by atoms with Gasteiger partial charge in [-0.05, 0) is 51.0 Å². The molecular formula is C21H36IN3O3. The molecule has 0 radical (unpaired) electrons. The predicted molar refractivity (Wildman–Crippen MR) is 125 cm³/mol. The third kappa shape index (κ3) is 8.43. The molecule has 0 saturated heterocycles. The van der Waals surface area contributed by atoms with Gasteiger partial charge in [0.05, 0.1) is 13.2 Å². The lowest BCUT2D eigenvalue weighted by Crippen LogP contribution is -2.37. The molecule has 0 atom stereocenters. The van der Waals surface area contributed by atoms with Crippen LogP contribution in [0.15, 0.2) is 23.2 Å². The molecule has 0 amide bonds. The van der Waals surface area contributed by atoms with Crippen molar-refractivity contribution in [2.24, 2.45) is 4.99 Å². The fourth-order valence-corrected chi connectivity index (χ4v) is 3.32. The highest BCUT2D eigenvalue weighted by Gasteiger charge is 2.20. The van der Waals surface area contributed by atoms with Crippen molar-refractivity contribution >= 4 is 29.9 Å². The largest absolute Gasteiger partial charge is 0.493 e. The Morgan fingerprint density at radius 3 is 2.57 bits per heavy atom. The van der Waals surface area contributed by atoms with Crippen molar-refractivity contribution in [2.45, 2.75) is 57.6 Å². The maximum absolute atomic E-state index is 6.29. The van der Waals surface area contributed by atoms with Crippen LogP contribution in [0.3, 0.4) is 0 Å². The lowest BCUT2D eigenvalue weighted by Gasteiger charge is -2.20. The molecular weight excluding hydrogens is 469 g/mol. The van der Waals surface area contributed by atoms with E-state index < -0.39 is 0 Å². The number of halogens is 1. The number of ether oxygens (including phenoxy) is 3. The van der Waals surface area contributed by atoms with Crippen LogP contribution >= 0.6 is 24.0 Å². The normalized spacial score (nSPS) is 14.5. The van der Waals surface area contributed by atoms with Crippen molar-refractivity contribution in [1.82, 2.24) is 10.6 Å². The van der Waals surface area contributed by atoms with E-state index in [0.717, 1.165) is 68.3 Å². The first-order valence-corrected chi connectivity index (χ1v) is 10.0. The standard InChI is InChI=1S/C21H35N3O3.HI/c1-22-21(23-14-7-4-8-15-25-2)24-16-17-10-9-13-19(26-3)20(17)27-18-11-5-6-12-18;/h9-10,13,18H,4-8,11-12,14-16H2,1-3H3,(H2,22,23,24);1H. The van der Waals surface area contributed by atoms with Gasteiger partial charge in [0, 0.05) is 39.4 Å². The summed E-state index contributed by atoms with van der Waals surface area (Å²) in [5, 5.41) is 6.75. The van der Waals surface area contributed by atoms with Crippen LogP contribution in [0.5, 0.6) is 11.5 Å². The van der Waals surface area contributed by atoms with Crippen LogP contribution in [-0.2, 0) is 11.3 Å². The van der Waals surface area contributed by atoms with E-state index >= 15 is 0 Å². The zero-order valence-corrected chi connectivity index (χ0v) is 19.8. The molecule has 0 aliphatic heterocycles. The Morgan fingerprint density at radius 1 is 1.11 bits per heavy atom. The molecule has 1 aromatic rings. The number of unbranched alkanes of at least 4 members (excludes halogenated alkanes) is 2. The van der Waals surface area contributed by atoms with Crippen molar-refractivity contribution < 1.29 is 14.2 Å². The highest BCUT2D eigenvalue weighted by Crippen LogP contribution is 2.34. The molecule has 1 saturated carbocycles. The van der Waals surface area contributed by atoms with Gasteiger partial charge in [-0.15, -0.1) is 24.0 Å². The molecule has 1 aromatic carbocycles. The molecule has 1 fully saturated rings. The van der Waals surface area contributed by atoms with Crippen LogP contribution in [-0.4, -0.2) is 46.5 Å².